The van der Waals surface area contributed by atoms with Crippen molar-refractivity contribution in [2.75, 3.05) is 11.9 Å². The smallest absolute Gasteiger partial charge is 0.329 e. The van der Waals surface area contributed by atoms with Crippen molar-refractivity contribution >= 4 is 17.8 Å². The molecule has 26 heavy (non-hydrogen) atoms. The number of aromatic nitrogens is 3. The second kappa shape index (κ2) is 8.43. The molecule has 0 aromatic carbocycles. The molecule has 0 fully saturated rings. The van der Waals surface area contributed by atoms with Crippen molar-refractivity contribution in [2.24, 2.45) is 0 Å². The first-order valence-electron chi connectivity index (χ1n) is 8.70. The van der Waals surface area contributed by atoms with Gasteiger partial charge in [0.2, 0.25) is 5.91 Å². The first kappa shape index (κ1) is 17.9. The number of hydrogen-bond donors (Lipinski definition) is 4. The molecule has 4 N–H and O–H groups in total. The fraction of sp³-hybridized carbons (Fsp3) is 0.412. The van der Waals surface area contributed by atoms with Gasteiger partial charge in [-0.15, -0.1) is 0 Å². The van der Waals surface area contributed by atoms with Gasteiger partial charge in [0.15, 0.2) is 0 Å². The lowest BCUT2D eigenvalue weighted by molar-refractivity contribution is -0.115. The highest BCUT2D eigenvalue weighted by Crippen LogP contribution is 2.25. The number of hydrazine groups is 1. The molecule has 0 unspecified atom stereocenters. The molecule has 3 rings (SSSR count). The molecular formula is C17H23N7O2. The van der Waals surface area contributed by atoms with Gasteiger partial charge in [-0.05, 0) is 18.1 Å². The van der Waals surface area contributed by atoms with Crippen molar-refractivity contribution in [1.82, 2.24) is 30.9 Å². The van der Waals surface area contributed by atoms with Gasteiger partial charge < -0.3 is 10.6 Å². The van der Waals surface area contributed by atoms with E-state index in [0.717, 1.165) is 29.7 Å². The largest absolute Gasteiger partial charge is 0.337 e. The summed E-state index contributed by atoms with van der Waals surface area (Å²) in [7, 11) is 0. The Hall–Kier alpha value is -2.94. The van der Waals surface area contributed by atoms with Crippen LogP contribution in [-0.4, -0.2) is 38.7 Å². The third-order valence-electron chi connectivity index (χ3n) is 4.07. The predicted octanol–water partition coefficient (Wildman–Crippen LogP) is 1.32. The number of nitrogens with one attached hydrogen (secondary N) is 4. The monoisotopic (exact) mass is 357 g/mol. The second-order valence-electron chi connectivity index (χ2n) is 6.19. The van der Waals surface area contributed by atoms with Crippen molar-refractivity contribution in [3.63, 3.8) is 0 Å². The lowest BCUT2D eigenvalue weighted by atomic mass is 10.2. The number of hydrogen-bond acceptors (Lipinski definition) is 5. The third-order valence-corrected chi connectivity index (χ3v) is 4.07. The van der Waals surface area contributed by atoms with E-state index in [4.69, 9.17) is 0 Å². The van der Waals surface area contributed by atoms with Crippen LogP contribution >= 0.6 is 0 Å². The molecule has 0 spiro atoms. The van der Waals surface area contributed by atoms with Crippen molar-refractivity contribution in [3.8, 4) is 0 Å². The van der Waals surface area contributed by atoms with Gasteiger partial charge >= 0.3 is 6.03 Å². The Morgan fingerprint density at radius 3 is 3.00 bits per heavy atom. The fourth-order valence-corrected chi connectivity index (χ4v) is 2.75. The number of aromatic amines is 1. The first-order chi connectivity index (χ1) is 12.7. The normalized spacial score (nSPS) is 13.3. The lowest BCUT2D eigenvalue weighted by Crippen LogP contribution is -2.45. The van der Waals surface area contributed by atoms with Crippen molar-refractivity contribution < 1.29 is 9.59 Å². The van der Waals surface area contributed by atoms with Gasteiger partial charge in [0.05, 0.1) is 18.7 Å². The van der Waals surface area contributed by atoms with E-state index in [9.17, 15) is 9.59 Å². The van der Waals surface area contributed by atoms with Crippen molar-refractivity contribution in [2.45, 2.75) is 39.3 Å². The molecule has 0 bridgehead atoms. The molecule has 0 atom stereocenters. The van der Waals surface area contributed by atoms with E-state index in [1.165, 1.54) is 0 Å². The summed E-state index contributed by atoms with van der Waals surface area (Å²) >= 11 is 0. The average Bonchev–Trinajstić information content (AvgIpc) is 3.17. The zero-order valence-corrected chi connectivity index (χ0v) is 14.7. The standard InChI is InChI=1S/C17H23N7O2/c1-2-3-7-19-17(26)23-24-10-13-14(11-24)21-22-16(13)20-15(25)8-12-5-4-6-18-9-12/h4-6,9H,2-3,7-8,10-11H2,1H3,(H2,19,23,26)(H2,20,21,22,25). The molecule has 0 aliphatic carbocycles. The highest BCUT2D eigenvalue weighted by atomic mass is 16.2. The van der Waals surface area contributed by atoms with Crippen LogP contribution < -0.4 is 16.1 Å². The molecule has 3 heterocycles. The molecule has 138 valence electrons. The van der Waals surface area contributed by atoms with Crippen LogP contribution in [0.15, 0.2) is 24.5 Å². The summed E-state index contributed by atoms with van der Waals surface area (Å²) in [6.07, 6.45) is 5.55. The Balaban J connectivity index is 1.52. The van der Waals surface area contributed by atoms with E-state index in [1.54, 1.807) is 23.5 Å². The maximum Gasteiger partial charge on any atom is 0.329 e. The van der Waals surface area contributed by atoms with E-state index in [-0.39, 0.29) is 18.4 Å². The molecule has 2 aromatic rings. The van der Waals surface area contributed by atoms with Gasteiger partial charge in [-0.2, -0.15) is 5.10 Å². The van der Waals surface area contributed by atoms with Crippen LogP contribution in [0.1, 0.15) is 36.6 Å². The lowest BCUT2D eigenvalue weighted by Gasteiger charge is -2.17. The minimum Gasteiger partial charge on any atom is -0.337 e. The van der Waals surface area contributed by atoms with Gasteiger partial charge in [0.1, 0.15) is 5.82 Å². The molecule has 0 radical (unpaired) electrons. The number of carbonyl (C=O) groups is 2. The quantitative estimate of drug-likeness (QED) is 0.558. The summed E-state index contributed by atoms with van der Waals surface area (Å²) < 4.78 is 0. The van der Waals surface area contributed by atoms with Gasteiger partial charge in [-0.1, -0.05) is 19.4 Å². The van der Waals surface area contributed by atoms with Gasteiger partial charge in [0, 0.05) is 31.0 Å². The Morgan fingerprint density at radius 2 is 2.23 bits per heavy atom. The second-order valence-corrected chi connectivity index (χ2v) is 6.19. The SMILES string of the molecule is CCCCNC(=O)NN1Cc2n[nH]c(NC(=O)Cc3cccnc3)c2C1. The molecule has 9 nitrogen and oxygen atoms in total. The number of urea groups is 1. The number of H-pyrrole nitrogens is 1. The summed E-state index contributed by atoms with van der Waals surface area (Å²) in [5, 5.41) is 14.5. The number of rotatable bonds is 7. The summed E-state index contributed by atoms with van der Waals surface area (Å²) in [6, 6.07) is 3.42. The molecule has 0 saturated carbocycles. The zero-order valence-electron chi connectivity index (χ0n) is 14.7. The Morgan fingerprint density at radius 1 is 1.35 bits per heavy atom. The summed E-state index contributed by atoms with van der Waals surface area (Å²) in [5.41, 5.74) is 5.34. The number of carbonyl (C=O) groups excluding carboxylic acids is 2. The van der Waals surface area contributed by atoms with Crippen LogP contribution in [0.25, 0.3) is 0 Å². The highest BCUT2D eigenvalue weighted by Gasteiger charge is 2.26. The number of pyridine rings is 1. The van der Waals surface area contributed by atoms with Crippen molar-refractivity contribution in [3.05, 3.63) is 41.3 Å². The Bertz CT molecular complexity index is 760. The van der Waals surface area contributed by atoms with Crippen LogP contribution in [0.5, 0.6) is 0 Å². The molecule has 0 saturated heterocycles. The number of unbranched alkanes of at least 4 members (excludes halogenated alkanes) is 1. The summed E-state index contributed by atoms with van der Waals surface area (Å²) in [6.45, 7) is 3.70. The molecule has 2 aromatic heterocycles. The average molecular weight is 357 g/mol. The van der Waals surface area contributed by atoms with Crippen LogP contribution in [-0.2, 0) is 24.3 Å². The third kappa shape index (κ3) is 4.57. The molecular weight excluding hydrogens is 334 g/mol. The Labute approximate surface area is 151 Å². The van der Waals surface area contributed by atoms with E-state index >= 15 is 0 Å². The minimum absolute atomic E-state index is 0.145. The van der Waals surface area contributed by atoms with Gasteiger partial charge in [-0.3, -0.25) is 20.3 Å². The van der Waals surface area contributed by atoms with Crippen LogP contribution in [0.2, 0.25) is 0 Å². The Kier molecular flexibility index (Phi) is 5.80. The van der Waals surface area contributed by atoms with Crippen molar-refractivity contribution in [1.29, 1.82) is 0 Å². The maximum atomic E-state index is 12.2. The number of nitrogens with zero attached hydrogens (tertiary/aromatic N) is 3. The highest BCUT2D eigenvalue weighted by molar-refractivity contribution is 5.92. The topological polar surface area (TPSA) is 115 Å². The number of anilines is 1. The van der Waals surface area contributed by atoms with Gasteiger partial charge in [0.25, 0.3) is 0 Å². The maximum absolute atomic E-state index is 12.2. The van der Waals surface area contributed by atoms with E-state index in [2.05, 4.69) is 38.2 Å². The molecule has 1 aliphatic heterocycles. The molecule has 3 amide bonds. The summed E-state index contributed by atoms with van der Waals surface area (Å²) in [4.78, 5) is 28.1. The van der Waals surface area contributed by atoms with E-state index in [0.29, 0.717) is 25.5 Å². The fourth-order valence-electron chi connectivity index (χ4n) is 2.75. The minimum atomic E-state index is -0.227. The van der Waals surface area contributed by atoms with Crippen LogP contribution in [0.3, 0.4) is 0 Å². The van der Waals surface area contributed by atoms with E-state index in [1.807, 2.05) is 6.07 Å². The number of amides is 3. The van der Waals surface area contributed by atoms with Gasteiger partial charge in [-0.25, -0.2) is 9.80 Å². The zero-order chi connectivity index (χ0) is 18.4. The predicted molar refractivity (Wildman–Crippen MR) is 95.8 cm³/mol. The number of fused-ring (bicyclic) bond motifs is 1. The molecule has 9 heteroatoms. The summed E-state index contributed by atoms with van der Waals surface area (Å²) in [5.74, 6) is 0.428. The molecule has 1 aliphatic rings. The van der Waals surface area contributed by atoms with E-state index < -0.39 is 0 Å². The van der Waals surface area contributed by atoms with Crippen LogP contribution in [0.4, 0.5) is 10.6 Å². The van der Waals surface area contributed by atoms with Crippen LogP contribution in [0, 0.1) is 0 Å². The first-order valence-corrected chi connectivity index (χ1v) is 8.70.